The molecule has 0 spiro atoms. The summed E-state index contributed by atoms with van der Waals surface area (Å²) in [6.07, 6.45) is -5.77. The number of aliphatic hydroxyl groups is 3. The molecule has 4 N–H and O–H groups in total. The smallest absolute Gasteiger partial charge is 0.329 e. The van der Waals surface area contributed by atoms with Crippen molar-refractivity contribution in [3.63, 3.8) is 0 Å². The fourth-order valence-corrected chi connectivity index (χ4v) is 5.02. The molecule has 1 saturated heterocycles. The Balaban J connectivity index is 1.54. The third kappa shape index (κ3) is 3.61. The van der Waals surface area contributed by atoms with E-state index in [0.29, 0.717) is 27.1 Å². The zero-order chi connectivity index (χ0) is 20.0. The van der Waals surface area contributed by atoms with Gasteiger partial charge in [0.15, 0.2) is 6.04 Å². The molecule has 0 unspecified atom stereocenters. The van der Waals surface area contributed by atoms with Gasteiger partial charge in [0, 0.05) is 5.75 Å². The lowest BCUT2D eigenvalue weighted by Crippen LogP contribution is -2.58. The number of fused-ring (bicyclic) bond motifs is 1. The second-order valence-corrected chi connectivity index (χ2v) is 8.59. The zero-order valence-electron chi connectivity index (χ0n) is 14.6. The monoisotopic (exact) mass is 426 g/mol. The quantitative estimate of drug-likeness (QED) is 0.548. The number of aliphatic carboxylic acids is 1. The second-order valence-electron chi connectivity index (χ2n) is 6.55. The van der Waals surface area contributed by atoms with Crippen molar-refractivity contribution < 1.29 is 34.7 Å². The molecule has 150 valence electrons. The molecule has 1 aromatic heterocycles. The van der Waals surface area contributed by atoms with Crippen LogP contribution < -0.4 is 4.74 Å². The molecule has 2 aliphatic rings. The molecule has 1 aromatic carbocycles. The highest BCUT2D eigenvalue weighted by molar-refractivity contribution is 8.15. The van der Waals surface area contributed by atoms with Gasteiger partial charge in [0.25, 0.3) is 0 Å². The summed E-state index contributed by atoms with van der Waals surface area (Å²) in [5, 5.41) is 40.0. The van der Waals surface area contributed by atoms with Crippen LogP contribution in [0.4, 0.5) is 0 Å². The molecule has 11 heteroatoms. The minimum Gasteiger partial charge on any atom is -0.480 e. The topological polar surface area (TPSA) is 142 Å². The van der Waals surface area contributed by atoms with Crippen molar-refractivity contribution in [1.29, 1.82) is 0 Å². The van der Waals surface area contributed by atoms with E-state index in [4.69, 9.17) is 14.6 Å². The number of nitrogens with zero attached hydrogens (tertiary/aromatic N) is 2. The van der Waals surface area contributed by atoms with Crippen molar-refractivity contribution in [2.75, 3.05) is 5.75 Å². The third-order valence-corrected chi connectivity index (χ3v) is 6.75. The van der Waals surface area contributed by atoms with E-state index in [0.717, 1.165) is 4.70 Å². The Hall–Kier alpha value is -1.76. The standard InChI is InChI=1S/C17H18N2O7S2/c1-6-11(20)12(21)13(22)17(25-6)26-7-2-3-8-10(4-7)28-15(18-8)14-19-9(5-27-14)16(23)24/h2-4,6,9,11-13,17,20-22H,5H2,1H3,(H,23,24)/t6-,9+,11+,12+,13-,17+/m0/s1. The van der Waals surface area contributed by atoms with Gasteiger partial charge in [0.2, 0.25) is 6.29 Å². The lowest BCUT2D eigenvalue weighted by Gasteiger charge is -2.38. The number of ether oxygens (including phenoxy) is 2. The van der Waals surface area contributed by atoms with Gasteiger partial charge in [-0.05, 0) is 25.1 Å². The predicted molar refractivity (Wildman–Crippen MR) is 103 cm³/mol. The van der Waals surface area contributed by atoms with Crippen LogP contribution in [-0.4, -0.2) is 78.9 Å². The van der Waals surface area contributed by atoms with E-state index in [1.54, 1.807) is 25.1 Å². The number of hydrogen-bond donors (Lipinski definition) is 4. The summed E-state index contributed by atoms with van der Waals surface area (Å²) < 4.78 is 11.9. The van der Waals surface area contributed by atoms with Crippen LogP contribution in [0.25, 0.3) is 10.2 Å². The van der Waals surface area contributed by atoms with Crippen LogP contribution in [0.3, 0.4) is 0 Å². The first-order valence-corrected chi connectivity index (χ1v) is 10.3. The van der Waals surface area contributed by atoms with Crippen LogP contribution in [0.2, 0.25) is 0 Å². The fourth-order valence-electron chi connectivity index (χ4n) is 2.93. The van der Waals surface area contributed by atoms with Crippen molar-refractivity contribution in [2.24, 2.45) is 4.99 Å². The maximum atomic E-state index is 11.1. The molecular weight excluding hydrogens is 408 g/mol. The number of rotatable bonds is 4. The summed E-state index contributed by atoms with van der Waals surface area (Å²) in [5.74, 6) is -0.156. The molecular formula is C17H18N2O7S2. The van der Waals surface area contributed by atoms with Crippen LogP contribution in [0.15, 0.2) is 23.2 Å². The van der Waals surface area contributed by atoms with E-state index in [-0.39, 0.29) is 0 Å². The Morgan fingerprint density at radius 3 is 2.75 bits per heavy atom. The molecule has 0 aliphatic carbocycles. The number of carboxylic acids is 1. The van der Waals surface area contributed by atoms with E-state index in [2.05, 4.69) is 9.98 Å². The Bertz CT molecular complexity index is 933. The molecule has 9 nitrogen and oxygen atoms in total. The molecule has 6 atom stereocenters. The van der Waals surface area contributed by atoms with E-state index >= 15 is 0 Å². The van der Waals surface area contributed by atoms with Crippen molar-refractivity contribution >= 4 is 44.3 Å². The number of aliphatic hydroxyl groups excluding tert-OH is 3. The van der Waals surface area contributed by atoms with Gasteiger partial charge in [-0.25, -0.2) is 9.78 Å². The fraction of sp³-hybridized carbons (Fsp3) is 0.471. The normalized spacial score (nSPS) is 33.1. The highest BCUT2D eigenvalue weighted by Crippen LogP contribution is 2.32. The summed E-state index contributed by atoms with van der Waals surface area (Å²) in [7, 11) is 0. The molecule has 3 heterocycles. The molecule has 0 amide bonds. The molecule has 0 radical (unpaired) electrons. The minimum atomic E-state index is -1.39. The van der Waals surface area contributed by atoms with Crippen molar-refractivity contribution in [3.8, 4) is 5.75 Å². The minimum absolute atomic E-state index is 0.387. The number of benzene rings is 1. The predicted octanol–water partition coefficient (Wildman–Crippen LogP) is 0.449. The number of thioether (sulfide) groups is 1. The van der Waals surface area contributed by atoms with Gasteiger partial charge in [-0.15, -0.1) is 23.1 Å². The summed E-state index contributed by atoms with van der Waals surface area (Å²) in [6.45, 7) is 1.58. The highest BCUT2D eigenvalue weighted by Gasteiger charge is 2.43. The Morgan fingerprint density at radius 2 is 2.04 bits per heavy atom. The summed E-state index contributed by atoms with van der Waals surface area (Å²) in [6, 6.07) is 4.38. The van der Waals surface area contributed by atoms with Gasteiger partial charge in [0.05, 0.1) is 16.3 Å². The number of carbonyl (C=O) groups is 1. The molecule has 1 fully saturated rings. The molecule has 4 rings (SSSR count). The van der Waals surface area contributed by atoms with Gasteiger partial charge >= 0.3 is 5.97 Å². The van der Waals surface area contributed by atoms with Crippen LogP contribution in [0, 0.1) is 0 Å². The van der Waals surface area contributed by atoms with E-state index in [1.807, 2.05) is 0 Å². The molecule has 0 saturated carbocycles. The van der Waals surface area contributed by atoms with Crippen molar-refractivity contribution in [2.45, 2.75) is 43.7 Å². The maximum Gasteiger partial charge on any atom is 0.329 e. The summed E-state index contributed by atoms with van der Waals surface area (Å²) >= 11 is 2.72. The lowest BCUT2D eigenvalue weighted by molar-refractivity contribution is -0.268. The molecule has 2 aliphatic heterocycles. The Kier molecular flexibility index (Phi) is 5.29. The SMILES string of the molecule is C[C@@H]1O[C@H](Oc2ccc3nc(C4=N[C@@H](C(=O)O)CS4)sc3c2)[C@@H](O)[C@H](O)[C@@H]1O. The zero-order valence-corrected chi connectivity index (χ0v) is 16.3. The Labute approximate surface area is 167 Å². The van der Waals surface area contributed by atoms with Gasteiger partial charge in [0.1, 0.15) is 34.1 Å². The second kappa shape index (κ2) is 7.58. The van der Waals surface area contributed by atoms with Crippen LogP contribution in [0.1, 0.15) is 11.9 Å². The van der Waals surface area contributed by atoms with Gasteiger partial charge in [-0.3, -0.25) is 4.99 Å². The summed E-state index contributed by atoms with van der Waals surface area (Å²) in [4.78, 5) is 19.7. The summed E-state index contributed by atoms with van der Waals surface area (Å²) in [5.41, 5.74) is 0.711. The van der Waals surface area contributed by atoms with Crippen LogP contribution >= 0.6 is 23.1 Å². The lowest BCUT2D eigenvalue weighted by atomic mass is 10.00. The third-order valence-electron chi connectivity index (χ3n) is 4.54. The van der Waals surface area contributed by atoms with E-state index in [9.17, 15) is 20.1 Å². The first-order chi connectivity index (χ1) is 13.3. The van der Waals surface area contributed by atoms with E-state index in [1.165, 1.54) is 23.1 Å². The average Bonchev–Trinajstić information content (AvgIpc) is 3.30. The number of carboxylic acid groups (broad SMARTS) is 1. The highest BCUT2D eigenvalue weighted by atomic mass is 32.2. The van der Waals surface area contributed by atoms with Crippen molar-refractivity contribution in [1.82, 2.24) is 4.98 Å². The van der Waals surface area contributed by atoms with E-state index < -0.39 is 42.7 Å². The number of thiazole rings is 1. The molecule has 28 heavy (non-hydrogen) atoms. The van der Waals surface area contributed by atoms with Gasteiger partial charge in [-0.1, -0.05) is 0 Å². The number of aliphatic imine (C=N–C) groups is 1. The molecule has 2 aromatic rings. The van der Waals surface area contributed by atoms with Gasteiger partial charge in [-0.2, -0.15) is 0 Å². The Morgan fingerprint density at radius 1 is 1.25 bits per heavy atom. The average molecular weight is 426 g/mol. The maximum absolute atomic E-state index is 11.1. The van der Waals surface area contributed by atoms with Crippen LogP contribution in [0.5, 0.6) is 5.75 Å². The first kappa shape index (κ1) is 19.6. The van der Waals surface area contributed by atoms with Gasteiger partial charge < -0.3 is 29.9 Å². The first-order valence-electron chi connectivity index (χ1n) is 8.54. The number of hydrogen-bond acceptors (Lipinski definition) is 10. The largest absolute Gasteiger partial charge is 0.480 e. The molecule has 0 bridgehead atoms. The van der Waals surface area contributed by atoms with Crippen LogP contribution in [-0.2, 0) is 9.53 Å². The van der Waals surface area contributed by atoms with Crippen molar-refractivity contribution in [3.05, 3.63) is 23.2 Å². The number of aromatic nitrogens is 1.